The molecule has 0 saturated carbocycles. The average Bonchev–Trinajstić information content (AvgIpc) is 2.20. The normalized spacial score (nSPS) is 12.3. The van der Waals surface area contributed by atoms with Crippen LogP contribution in [0.2, 0.25) is 0 Å². The van der Waals surface area contributed by atoms with Gasteiger partial charge in [-0.2, -0.15) is 13.2 Å². The molecule has 0 spiro atoms. The smallest absolute Gasteiger partial charge is 0.481 e. The SMILES string of the molecule is O=C(O)CCc1cc(OC(F)(F)F)cc(SC(F)(F)F)c1. The molecular formula is C11H8F6O3S. The van der Waals surface area contributed by atoms with Gasteiger partial charge in [0.05, 0.1) is 0 Å². The Bertz CT molecular complexity index is 477. The van der Waals surface area contributed by atoms with Gasteiger partial charge in [0, 0.05) is 11.3 Å². The monoisotopic (exact) mass is 334 g/mol. The molecule has 10 heteroatoms. The fraction of sp³-hybridized carbons (Fsp3) is 0.364. The van der Waals surface area contributed by atoms with Crippen molar-refractivity contribution in [3.63, 3.8) is 0 Å². The van der Waals surface area contributed by atoms with Crippen LogP contribution in [0.5, 0.6) is 5.75 Å². The molecule has 1 N–H and O–H groups in total. The third-order valence-electron chi connectivity index (χ3n) is 2.03. The number of hydrogen-bond donors (Lipinski definition) is 1. The number of aryl methyl sites for hydroxylation is 1. The van der Waals surface area contributed by atoms with Gasteiger partial charge in [-0.05, 0) is 41.9 Å². The number of carboxylic acid groups (broad SMARTS) is 1. The summed E-state index contributed by atoms with van der Waals surface area (Å²) >= 11 is -0.605. The summed E-state index contributed by atoms with van der Waals surface area (Å²) in [5, 5.41) is 8.49. The molecule has 0 heterocycles. The van der Waals surface area contributed by atoms with Crippen LogP contribution in [0.25, 0.3) is 0 Å². The molecule has 0 bridgehead atoms. The molecule has 21 heavy (non-hydrogen) atoms. The van der Waals surface area contributed by atoms with Crippen LogP contribution in [0.15, 0.2) is 23.1 Å². The van der Waals surface area contributed by atoms with E-state index in [0.29, 0.717) is 6.07 Å². The first-order chi connectivity index (χ1) is 9.44. The van der Waals surface area contributed by atoms with Crippen molar-refractivity contribution in [3.05, 3.63) is 23.8 Å². The van der Waals surface area contributed by atoms with Gasteiger partial charge in [0.25, 0.3) is 0 Å². The van der Waals surface area contributed by atoms with E-state index in [1.807, 2.05) is 0 Å². The molecule has 0 atom stereocenters. The van der Waals surface area contributed by atoms with Crippen molar-refractivity contribution in [1.82, 2.24) is 0 Å². The highest BCUT2D eigenvalue weighted by Crippen LogP contribution is 2.39. The number of rotatable bonds is 5. The van der Waals surface area contributed by atoms with Crippen LogP contribution in [0.3, 0.4) is 0 Å². The highest BCUT2D eigenvalue weighted by molar-refractivity contribution is 8.00. The number of thioether (sulfide) groups is 1. The van der Waals surface area contributed by atoms with E-state index in [1.54, 1.807) is 0 Å². The molecule has 0 aliphatic rings. The number of aliphatic carboxylic acids is 1. The van der Waals surface area contributed by atoms with E-state index in [2.05, 4.69) is 4.74 Å². The van der Waals surface area contributed by atoms with Gasteiger partial charge in [0.1, 0.15) is 5.75 Å². The van der Waals surface area contributed by atoms with Crippen LogP contribution in [0.1, 0.15) is 12.0 Å². The Kier molecular flexibility index (Phi) is 5.37. The van der Waals surface area contributed by atoms with Gasteiger partial charge >= 0.3 is 17.8 Å². The Morgan fingerprint density at radius 2 is 1.76 bits per heavy atom. The highest BCUT2D eigenvalue weighted by atomic mass is 32.2. The second kappa shape index (κ2) is 6.46. The summed E-state index contributed by atoms with van der Waals surface area (Å²) in [4.78, 5) is 9.89. The molecule has 3 nitrogen and oxygen atoms in total. The molecule has 0 fully saturated rings. The Morgan fingerprint density at radius 3 is 2.24 bits per heavy atom. The molecule has 1 aromatic rings. The van der Waals surface area contributed by atoms with Gasteiger partial charge in [-0.1, -0.05) is 0 Å². The Labute approximate surface area is 118 Å². The second-order valence-corrected chi connectivity index (χ2v) is 4.94. The van der Waals surface area contributed by atoms with Crippen LogP contribution in [-0.2, 0) is 11.2 Å². The van der Waals surface area contributed by atoms with Gasteiger partial charge in [0.15, 0.2) is 0 Å². The van der Waals surface area contributed by atoms with Crippen LogP contribution in [0, 0.1) is 0 Å². The number of carbonyl (C=O) groups is 1. The van der Waals surface area contributed by atoms with Gasteiger partial charge in [-0.25, -0.2) is 0 Å². The third kappa shape index (κ3) is 7.69. The maximum absolute atomic E-state index is 12.3. The van der Waals surface area contributed by atoms with Gasteiger partial charge in [-0.15, -0.1) is 13.2 Å². The Balaban J connectivity index is 3.04. The number of halogens is 6. The van der Waals surface area contributed by atoms with E-state index in [-0.39, 0.29) is 12.0 Å². The van der Waals surface area contributed by atoms with Crippen LogP contribution in [0.4, 0.5) is 26.3 Å². The molecular weight excluding hydrogens is 326 g/mol. The number of benzene rings is 1. The summed E-state index contributed by atoms with van der Waals surface area (Å²) in [7, 11) is 0. The number of alkyl halides is 6. The van der Waals surface area contributed by atoms with E-state index in [9.17, 15) is 31.1 Å². The van der Waals surface area contributed by atoms with Crippen LogP contribution in [-0.4, -0.2) is 22.9 Å². The van der Waals surface area contributed by atoms with E-state index in [0.717, 1.165) is 12.1 Å². The Morgan fingerprint density at radius 1 is 1.14 bits per heavy atom. The zero-order valence-corrected chi connectivity index (χ0v) is 10.9. The molecule has 0 saturated heterocycles. The lowest BCUT2D eigenvalue weighted by molar-refractivity contribution is -0.274. The fourth-order valence-electron chi connectivity index (χ4n) is 1.41. The topological polar surface area (TPSA) is 46.5 Å². The lowest BCUT2D eigenvalue weighted by Crippen LogP contribution is -2.17. The highest BCUT2D eigenvalue weighted by Gasteiger charge is 2.33. The number of carboxylic acids is 1. The van der Waals surface area contributed by atoms with Crippen molar-refractivity contribution in [2.45, 2.75) is 29.6 Å². The van der Waals surface area contributed by atoms with Crippen molar-refractivity contribution in [2.24, 2.45) is 0 Å². The van der Waals surface area contributed by atoms with Crippen molar-refractivity contribution >= 4 is 17.7 Å². The first kappa shape index (κ1) is 17.5. The maximum Gasteiger partial charge on any atom is 0.573 e. The number of hydrogen-bond acceptors (Lipinski definition) is 3. The Hall–Kier alpha value is -1.58. The summed E-state index contributed by atoms with van der Waals surface area (Å²) in [6.07, 6.45) is -5.69. The fourth-order valence-corrected chi connectivity index (χ4v) is 2.06. The summed E-state index contributed by atoms with van der Waals surface area (Å²) in [6.45, 7) is 0. The van der Waals surface area contributed by atoms with Gasteiger partial charge < -0.3 is 9.84 Å². The first-order valence-electron chi connectivity index (χ1n) is 5.32. The predicted molar refractivity (Wildman–Crippen MR) is 61.0 cm³/mol. The van der Waals surface area contributed by atoms with Crippen molar-refractivity contribution in [3.8, 4) is 5.75 Å². The summed E-state index contributed by atoms with van der Waals surface area (Å²) in [5.41, 5.74) is -4.67. The average molecular weight is 334 g/mol. The molecule has 118 valence electrons. The number of ether oxygens (including phenoxy) is 1. The van der Waals surface area contributed by atoms with Crippen LogP contribution >= 0.6 is 11.8 Å². The first-order valence-corrected chi connectivity index (χ1v) is 6.13. The molecule has 0 aromatic heterocycles. The van der Waals surface area contributed by atoms with E-state index in [4.69, 9.17) is 5.11 Å². The molecule has 0 unspecified atom stereocenters. The minimum Gasteiger partial charge on any atom is -0.481 e. The van der Waals surface area contributed by atoms with E-state index < -0.39 is 46.7 Å². The van der Waals surface area contributed by atoms with E-state index >= 15 is 0 Å². The third-order valence-corrected chi connectivity index (χ3v) is 2.74. The van der Waals surface area contributed by atoms with Crippen molar-refractivity contribution in [1.29, 1.82) is 0 Å². The largest absolute Gasteiger partial charge is 0.573 e. The van der Waals surface area contributed by atoms with Crippen LogP contribution < -0.4 is 4.74 Å². The summed E-state index contributed by atoms with van der Waals surface area (Å²) < 4.78 is 76.7. The lowest BCUT2D eigenvalue weighted by Gasteiger charge is -2.13. The van der Waals surface area contributed by atoms with Gasteiger partial charge in [-0.3, -0.25) is 4.79 Å². The molecule has 1 rings (SSSR count). The minimum absolute atomic E-state index is 0.00546. The standard InChI is InChI=1S/C11H8F6O3S/c12-10(13,14)20-7-3-6(1-2-9(18)19)4-8(5-7)21-11(15,16)17/h3-5H,1-2H2,(H,18,19). The second-order valence-electron chi connectivity index (χ2n) is 3.80. The zero-order chi connectivity index (χ0) is 16.3. The van der Waals surface area contributed by atoms with Crippen molar-refractivity contribution < 1.29 is 41.0 Å². The molecule has 0 aliphatic carbocycles. The van der Waals surface area contributed by atoms with E-state index in [1.165, 1.54) is 0 Å². The zero-order valence-electron chi connectivity index (χ0n) is 10.1. The van der Waals surface area contributed by atoms with Crippen molar-refractivity contribution in [2.75, 3.05) is 0 Å². The molecule has 1 aromatic carbocycles. The summed E-state index contributed by atoms with van der Waals surface area (Å²) in [6, 6.07) is 2.43. The molecule has 0 amide bonds. The predicted octanol–water partition coefficient (Wildman–Crippen LogP) is 4.21. The maximum atomic E-state index is 12.3. The minimum atomic E-state index is -5.05. The van der Waals surface area contributed by atoms with Gasteiger partial charge in [0.2, 0.25) is 0 Å². The molecule has 0 aliphatic heterocycles. The lowest BCUT2D eigenvalue weighted by atomic mass is 10.1. The molecule has 0 radical (unpaired) electrons. The summed E-state index contributed by atoms with van der Waals surface area (Å²) in [5.74, 6) is -2.04. The quantitative estimate of drug-likeness (QED) is 0.647.